The normalized spacial score (nSPS) is 14.2. The minimum Gasteiger partial charge on any atom is -0.228 e. The monoisotopic (exact) mass is 260 g/mol. The lowest BCUT2D eigenvalue weighted by Crippen LogP contribution is -2.12. The molecule has 0 radical (unpaired) electrons. The third kappa shape index (κ3) is 1.88. The van der Waals surface area contributed by atoms with Crippen molar-refractivity contribution in [1.29, 1.82) is 0 Å². The first kappa shape index (κ1) is 11.3. The third-order valence-electron chi connectivity index (χ3n) is 2.26. The number of sulfone groups is 1. The van der Waals surface area contributed by atoms with Gasteiger partial charge < -0.3 is 0 Å². The van der Waals surface area contributed by atoms with E-state index in [1.807, 2.05) is 0 Å². The maximum Gasteiger partial charge on any atom is 0.178 e. The number of aromatic nitrogens is 4. The van der Waals surface area contributed by atoms with Gasteiger partial charge in [0.05, 0.1) is 0 Å². The maximum atomic E-state index is 11.4. The summed E-state index contributed by atoms with van der Waals surface area (Å²) in [7, 11) is -3.24. The van der Waals surface area contributed by atoms with Gasteiger partial charge in [-0.15, -0.1) is 10.2 Å². The summed E-state index contributed by atoms with van der Waals surface area (Å²) in [6, 6.07) is 3.20. The Bertz CT molecular complexity index is 637. The van der Waals surface area contributed by atoms with E-state index in [1.165, 1.54) is 11.4 Å². The smallest absolute Gasteiger partial charge is 0.178 e. The molecular formula is C8H9ClN4O2S. The van der Waals surface area contributed by atoms with Crippen LogP contribution in [0.4, 0.5) is 0 Å². The number of hydrogen-bond acceptors (Lipinski definition) is 5. The molecule has 0 saturated carbocycles. The molecule has 0 spiro atoms. The molecule has 0 N–H and O–H groups in total. The average molecular weight is 261 g/mol. The summed E-state index contributed by atoms with van der Waals surface area (Å²) < 4.78 is 24.2. The Kier molecular flexibility index (Phi) is 2.59. The molecule has 0 saturated heterocycles. The van der Waals surface area contributed by atoms with Crippen molar-refractivity contribution in [3.05, 3.63) is 23.1 Å². The molecular weight excluding hydrogens is 252 g/mol. The minimum atomic E-state index is -3.24. The van der Waals surface area contributed by atoms with Crippen molar-refractivity contribution >= 4 is 27.1 Å². The van der Waals surface area contributed by atoms with Gasteiger partial charge in [0, 0.05) is 6.26 Å². The number of nitrogens with zero attached hydrogens (tertiary/aromatic N) is 4. The Morgan fingerprint density at radius 3 is 2.69 bits per heavy atom. The van der Waals surface area contributed by atoms with Gasteiger partial charge in [-0.05, 0) is 19.1 Å². The second-order valence-electron chi connectivity index (χ2n) is 3.46. The molecule has 2 rings (SSSR count). The van der Waals surface area contributed by atoms with Gasteiger partial charge >= 0.3 is 0 Å². The highest BCUT2D eigenvalue weighted by molar-refractivity contribution is 7.90. The van der Waals surface area contributed by atoms with Gasteiger partial charge in [0.2, 0.25) is 0 Å². The first-order valence-electron chi connectivity index (χ1n) is 4.46. The second-order valence-corrected chi connectivity index (χ2v) is 6.21. The predicted molar refractivity (Wildman–Crippen MR) is 59.1 cm³/mol. The Hall–Kier alpha value is -1.21. The highest BCUT2D eigenvalue weighted by Gasteiger charge is 2.23. The number of hydrogen-bond donors (Lipinski definition) is 0. The van der Waals surface area contributed by atoms with Crippen LogP contribution in [0.1, 0.15) is 18.0 Å². The van der Waals surface area contributed by atoms with E-state index in [4.69, 9.17) is 11.6 Å². The van der Waals surface area contributed by atoms with E-state index < -0.39 is 15.1 Å². The van der Waals surface area contributed by atoms with E-state index in [1.54, 1.807) is 12.1 Å². The molecule has 2 heterocycles. The van der Waals surface area contributed by atoms with Crippen molar-refractivity contribution in [3.63, 3.8) is 0 Å². The van der Waals surface area contributed by atoms with Crippen LogP contribution in [0, 0.1) is 0 Å². The summed E-state index contributed by atoms with van der Waals surface area (Å²) in [5, 5.41) is 11.1. The summed E-state index contributed by atoms with van der Waals surface area (Å²) in [5.74, 6) is 0.264. The van der Waals surface area contributed by atoms with Crippen molar-refractivity contribution in [2.24, 2.45) is 0 Å². The summed E-state index contributed by atoms with van der Waals surface area (Å²) in [6.45, 7) is 1.54. The van der Waals surface area contributed by atoms with E-state index in [9.17, 15) is 8.42 Å². The molecule has 0 bridgehead atoms. The van der Waals surface area contributed by atoms with Crippen LogP contribution in [0.5, 0.6) is 0 Å². The van der Waals surface area contributed by atoms with Crippen molar-refractivity contribution in [2.45, 2.75) is 12.2 Å². The Balaban J connectivity index is 2.66. The van der Waals surface area contributed by atoms with Crippen molar-refractivity contribution < 1.29 is 8.42 Å². The second kappa shape index (κ2) is 3.67. The molecule has 0 fully saturated rings. The average Bonchev–Trinajstić information content (AvgIpc) is 2.57. The van der Waals surface area contributed by atoms with E-state index in [0.29, 0.717) is 5.65 Å². The van der Waals surface area contributed by atoms with Gasteiger partial charge in [0.1, 0.15) is 10.4 Å². The topological polar surface area (TPSA) is 77.2 Å². The molecule has 16 heavy (non-hydrogen) atoms. The van der Waals surface area contributed by atoms with Crippen molar-refractivity contribution in [1.82, 2.24) is 19.8 Å². The summed E-state index contributed by atoms with van der Waals surface area (Å²) in [5.41, 5.74) is 0.468. The zero-order chi connectivity index (χ0) is 11.9. The van der Waals surface area contributed by atoms with Crippen LogP contribution in [0.3, 0.4) is 0 Å². The maximum absolute atomic E-state index is 11.4. The van der Waals surface area contributed by atoms with E-state index in [-0.39, 0.29) is 11.0 Å². The molecule has 1 atom stereocenters. The quantitative estimate of drug-likeness (QED) is 0.801. The van der Waals surface area contributed by atoms with Gasteiger partial charge in [-0.25, -0.2) is 8.42 Å². The molecule has 0 amide bonds. The van der Waals surface area contributed by atoms with Crippen LogP contribution in [-0.4, -0.2) is 34.5 Å². The van der Waals surface area contributed by atoms with E-state index in [0.717, 1.165) is 6.26 Å². The lowest BCUT2D eigenvalue weighted by Gasteiger charge is -2.05. The van der Waals surface area contributed by atoms with Gasteiger partial charge in [-0.1, -0.05) is 11.6 Å². The van der Waals surface area contributed by atoms with Crippen LogP contribution in [0.2, 0.25) is 5.15 Å². The molecule has 2 aromatic rings. The van der Waals surface area contributed by atoms with E-state index >= 15 is 0 Å². The van der Waals surface area contributed by atoms with Crippen LogP contribution in [0.15, 0.2) is 12.1 Å². The van der Waals surface area contributed by atoms with Gasteiger partial charge in [0.25, 0.3) is 0 Å². The van der Waals surface area contributed by atoms with Crippen LogP contribution < -0.4 is 0 Å². The van der Waals surface area contributed by atoms with Gasteiger partial charge in [-0.3, -0.25) is 0 Å². The molecule has 1 unspecified atom stereocenters. The molecule has 8 heteroatoms. The lowest BCUT2D eigenvalue weighted by atomic mass is 10.4. The molecule has 0 aromatic carbocycles. The zero-order valence-corrected chi connectivity index (χ0v) is 10.2. The molecule has 0 aliphatic carbocycles. The fourth-order valence-electron chi connectivity index (χ4n) is 1.23. The largest absolute Gasteiger partial charge is 0.228 e. The minimum absolute atomic E-state index is 0.259. The first-order chi connectivity index (χ1) is 7.39. The van der Waals surface area contributed by atoms with Crippen LogP contribution >= 0.6 is 11.6 Å². The summed E-state index contributed by atoms with van der Waals surface area (Å²) >= 11 is 5.73. The Morgan fingerprint density at radius 1 is 1.38 bits per heavy atom. The first-order valence-corrected chi connectivity index (χ1v) is 6.79. The fourth-order valence-corrected chi connectivity index (χ4v) is 1.90. The van der Waals surface area contributed by atoms with Crippen LogP contribution in [-0.2, 0) is 9.84 Å². The summed E-state index contributed by atoms with van der Waals surface area (Å²) in [4.78, 5) is 0. The molecule has 2 aromatic heterocycles. The molecule has 0 aliphatic rings. The lowest BCUT2D eigenvalue weighted by molar-refractivity contribution is 0.587. The van der Waals surface area contributed by atoms with Gasteiger partial charge in [-0.2, -0.15) is 9.61 Å². The predicted octanol–water partition coefficient (Wildman–Crippen LogP) is 0.883. The molecule has 86 valence electrons. The number of fused-ring (bicyclic) bond motifs is 1. The van der Waals surface area contributed by atoms with Crippen molar-refractivity contribution in [3.8, 4) is 0 Å². The zero-order valence-electron chi connectivity index (χ0n) is 8.62. The van der Waals surface area contributed by atoms with E-state index in [2.05, 4.69) is 15.3 Å². The SMILES string of the molecule is CC(c1nnc2ccc(Cl)nn12)S(C)(=O)=O. The highest BCUT2D eigenvalue weighted by atomic mass is 35.5. The number of rotatable bonds is 2. The number of halogens is 1. The molecule has 0 aliphatic heterocycles. The van der Waals surface area contributed by atoms with Gasteiger partial charge in [0.15, 0.2) is 21.3 Å². The molecule has 6 nitrogen and oxygen atoms in total. The third-order valence-corrected chi connectivity index (χ3v) is 3.96. The summed E-state index contributed by atoms with van der Waals surface area (Å²) in [6.07, 6.45) is 1.14. The van der Waals surface area contributed by atoms with Crippen molar-refractivity contribution in [2.75, 3.05) is 6.26 Å². The fraction of sp³-hybridized carbons (Fsp3) is 0.375. The standard InChI is InChI=1S/C8H9ClN4O2S/c1-5(16(2,14)15)8-11-10-7-4-3-6(9)12-13(7)8/h3-5H,1-2H3. The Labute approximate surface area is 97.2 Å². The highest BCUT2D eigenvalue weighted by Crippen LogP contribution is 2.19. The van der Waals surface area contributed by atoms with Crippen LogP contribution in [0.25, 0.3) is 5.65 Å². The Morgan fingerprint density at radius 2 is 2.06 bits per heavy atom.